The molecule has 0 aromatic heterocycles. The lowest BCUT2D eigenvalue weighted by molar-refractivity contribution is 0.156. The Labute approximate surface area is 140 Å². The quantitative estimate of drug-likeness (QED) is 0.673. The maximum Gasteiger partial charge on any atom is 0.100 e. The first-order valence-corrected chi connectivity index (χ1v) is 8.79. The lowest BCUT2D eigenvalue weighted by atomic mass is 9.89. The van der Waals surface area contributed by atoms with Gasteiger partial charge in [-0.25, -0.2) is 0 Å². The number of nitrogens with zero attached hydrogens (tertiary/aromatic N) is 1. The van der Waals surface area contributed by atoms with E-state index in [2.05, 4.69) is 61.7 Å². The van der Waals surface area contributed by atoms with Gasteiger partial charge in [-0.05, 0) is 48.2 Å². The van der Waals surface area contributed by atoms with Crippen LogP contribution in [0.4, 0.5) is 0 Å². The molecule has 1 aromatic rings. The normalized spacial score (nSPS) is 19.0. The van der Waals surface area contributed by atoms with Crippen molar-refractivity contribution in [1.82, 2.24) is 4.90 Å². The zero-order chi connectivity index (χ0) is 16.2. The van der Waals surface area contributed by atoms with E-state index < -0.39 is 0 Å². The van der Waals surface area contributed by atoms with Gasteiger partial charge in [0, 0.05) is 6.54 Å². The molecule has 1 atom stereocenters. The van der Waals surface area contributed by atoms with E-state index >= 15 is 0 Å². The molecular formula is C21H27NO. The van der Waals surface area contributed by atoms with Gasteiger partial charge in [-0.1, -0.05) is 56.8 Å². The average Bonchev–Trinajstić information content (AvgIpc) is 2.93. The van der Waals surface area contributed by atoms with E-state index in [1.54, 1.807) is 0 Å². The van der Waals surface area contributed by atoms with E-state index in [1.165, 1.54) is 22.3 Å². The van der Waals surface area contributed by atoms with Crippen LogP contribution in [0.3, 0.4) is 0 Å². The highest BCUT2D eigenvalue weighted by molar-refractivity contribution is 5.86. The Balaban J connectivity index is 1.75. The molecule has 0 bridgehead atoms. The lowest BCUT2D eigenvalue weighted by Gasteiger charge is -2.23. The van der Waals surface area contributed by atoms with E-state index in [-0.39, 0.29) is 5.92 Å². The molecule has 3 rings (SSSR count). The van der Waals surface area contributed by atoms with Crippen molar-refractivity contribution in [3.8, 4) is 0 Å². The fraction of sp³-hybridized carbons (Fsp3) is 0.429. The van der Waals surface area contributed by atoms with Crippen LogP contribution < -0.4 is 0 Å². The van der Waals surface area contributed by atoms with Crippen LogP contribution in [0.25, 0.3) is 5.57 Å². The Bertz CT molecular complexity index is 637. The Kier molecular flexibility index (Phi) is 5.02. The number of fused-ring (bicyclic) bond motifs is 2. The van der Waals surface area contributed by atoms with Crippen molar-refractivity contribution < 1.29 is 4.74 Å². The first-order valence-electron chi connectivity index (χ1n) is 8.79. The first kappa shape index (κ1) is 16.1. The molecule has 0 fully saturated rings. The van der Waals surface area contributed by atoms with E-state index in [9.17, 15) is 0 Å². The zero-order valence-electron chi connectivity index (χ0n) is 14.3. The number of hydrogen-bond acceptors (Lipinski definition) is 2. The zero-order valence-corrected chi connectivity index (χ0v) is 14.3. The molecule has 0 amide bonds. The summed E-state index contributed by atoms with van der Waals surface area (Å²) in [5.41, 5.74) is 5.60. The van der Waals surface area contributed by atoms with Gasteiger partial charge in [0.05, 0.1) is 5.92 Å². The van der Waals surface area contributed by atoms with Crippen LogP contribution >= 0.6 is 0 Å². The monoisotopic (exact) mass is 309 g/mol. The predicted molar refractivity (Wildman–Crippen MR) is 97.4 cm³/mol. The predicted octanol–water partition coefficient (Wildman–Crippen LogP) is 4.76. The molecule has 2 aliphatic rings. The first-order chi connectivity index (χ1) is 11.3. The third-order valence-corrected chi connectivity index (χ3v) is 5.03. The van der Waals surface area contributed by atoms with E-state index in [0.29, 0.717) is 0 Å². The van der Waals surface area contributed by atoms with Crippen molar-refractivity contribution in [3.63, 3.8) is 0 Å². The molecule has 23 heavy (non-hydrogen) atoms. The summed E-state index contributed by atoms with van der Waals surface area (Å²) in [6.45, 7) is 12.5. The van der Waals surface area contributed by atoms with Crippen molar-refractivity contribution in [2.75, 3.05) is 26.2 Å². The fourth-order valence-corrected chi connectivity index (χ4v) is 3.72. The Morgan fingerprint density at radius 3 is 2.83 bits per heavy atom. The van der Waals surface area contributed by atoms with Crippen LogP contribution in [0.5, 0.6) is 0 Å². The van der Waals surface area contributed by atoms with Gasteiger partial charge >= 0.3 is 0 Å². The molecule has 122 valence electrons. The molecule has 1 aromatic carbocycles. The van der Waals surface area contributed by atoms with Gasteiger partial charge in [0.25, 0.3) is 0 Å². The van der Waals surface area contributed by atoms with Crippen LogP contribution in [-0.2, 0) is 4.74 Å². The van der Waals surface area contributed by atoms with Crippen molar-refractivity contribution in [2.24, 2.45) is 0 Å². The molecule has 2 aliphatic carbocycles. The van der Waals surface area contributed by atoms with Crippen LogP contribution in [0.1, 0.15) is 43.7 Å². The van der Waals surface area contributed by atoms with E-state index in [4.69, 9.17) is 4.74 Å². The average molecular weight is 309 g/mol. The minimum atomic E-state index is 0.239. The Hall–Kier alpha value is -1.80. The molecule has 0 spiro atoms. The van der Waals surface area contributed by atoms with Crippen molar-refractivity contribution in [1.29, 1.82) is 0 Å². The summed E-state index contributed by atoms with van der Waals surface area (Å²) in [6.07, 6.45) is 6.79. The van der Waals surface area contributed by atoms with E-state index in [0.717, 1.165) is 44.8 Å². The van der Waals surface area contributed by atoms with Gasteiger partial charge < -0.3 is 9.64 Å². The summed E-state index contributed by atoms with van der Waals surface area (Å²) in [5, 5.41) is 0. The second-order valence-corrected chi connectivity index (χ2v) is 6.24. The third-order valence-electron chi connectivity index (χ3n) is 5.03. The number of hydrogen-bond donors (Lipinski definition) is 0. The fourth-order valence-electron chi connectivity index (χ4n) is 3.72. The second kappa shape index (κ2) is 7.18. The largest absolute Gasteiger partial charge is 0.496 e. The minimum absolute atomic E-state index is 0.239. The molecule has 0 saturated heterocycles. The highest BCUT2D eigenvalue weighted by atomic mass is 16.5. The summed E-state index contributed by atoms with van der Waals surface area (Å²) in [4.78, 5) is 2.38. The molecule has 1 unspecified atom stereocenters. The molecule has 0 aliphatic heterocycles. The minimum Gasteiger partial charge on any atom is -0.496 e. The van der Waals surface area contributed by atoms with E-state index in [1.807, 2.05) is 0 Å². The van der Waals surface area contributed by atoms with Crippen LogP contribution in [-0.4, -0.2) is 31.1 Å². The van der Waals surface area contributed by atoms with Gasteiger partial charge in [0.15, 0.2) is 0 Å². The number of allylic oxidation sites excluding steroid dienone is 4. The molecule has 2 heteroatoms. The topological polar surface area (TPSA) is 12.5 Å². The SMILES string of the molecule is C=C(OCCN(CC)CC)C1C2=C(C=CCC2)c2ccccc21. The molecule has 0 radical (unpaired) electrons. The standard InChI is InChI=1S/C21H27NO/c1-4-22(5-2)14-15-23-16(3)21-19-12-8-6-10-17(19)18-11-7-9-13-20(18)21/h6-8,10-12,21H,3-5,9,13-15H2,1-2H3. The van der Waals surface area contributed by atoms with Gasteiger partial charge in [0.2, 0.25) is 0 Å². The molecule has 0 N–H and O–H groups in total. The van der Waals surface area contributed by atoms with Crippen molar-refractivity contribution >= 4 is 5.57 Å². The van der Waals surface area contributed by atoms with Crippen molar-refractivity contribution in [2.45, 2.75) is 32.6 Å². The van der Waals surface area contributed by atoms with Gasteiger partial charge in [-0.3, -0.25) is 0 Å². The van der Waals surface area contributed by atoms with Gasteiger partial charge in [-0.15, -0.1) is 0 Å². The highest BCUT2D eigenvalue weighted by Crippen LogP contribution is 2.49. The smallest absolute Gasteiger partial charge is 0.100 e. The number of likely N-dealkylation sites (N-methyl/N-ethyl adjacent to an activating group) is 1. The summed E-state index contributed by atoms with van der Waals surface area (Å²) >= 11 is 0. The third kappa shape index (κ3) is 3.13. The number of benzene rings is 1. The second-order valence-electron chi connectivity index (χ2n) is 6.24. The van der Waals surface area contributed by atoms with Crippen LogP contribution in [0, 0.1) is 0 Å². The molecule has 0 heterocycles. The number of ether oxygens (including phenoxy) is 1. The summed E-state index contributed by atoms with van der Waals surface area (Å²) in [6, 6.07) is 8.70. The summed E-state index contributed by atoms with van der Waals surface area (Å²) < 4.78 is 6.07. The van der Waals surface area contributed by atoms with Gasteiger partial charge in [0.1, 0.15) is 12.4 Å². The Morgan fingerprint density at radius 1 is 1.26 bits per heavy atom. The number of rotatable bonds is 7. The molecule has 0 saturated carbocycles. The molecule has 2 nitrogen and oxygen atoms in total. The maximum atomic E-state index is 6.07. The maximum absolute atomic E-state index is 6.07. The lowest BCUT2D eigenvalue weighted by Crippen LogP contribution is -2.27. The highest BCUT2D eigenvalue weighted by Gasteiger charge is 2.33. The molecular weight excluding hydrogens is 282 g/mol. The Morgan fingerprint density at radius 2 is 2.04 bits per heavy atom. The van der Waals surface area contributed by atoms with Gasteiger partial charge in [-0.2, -0.15) is 0 Å². The summed E-state index contributed by atoms with van der Waals surface area (Å²) in [5.74, 6) is 1.15. The van der Waals surface area contributed by atoms with Crippen molar-refractivity contribution in [3.05, 3.63) is 65.5 Å². The van der Waals surface area contributed by atoms with Crippen LogP contribution in [0.2, 0.25) is 0 Å². The van der Waals surface area contributed by atoms with Crippen LogP contribution in [0.15, 0.2) is 54.3 Å². The summed E-state index contributed by atoms with van der Waals surface area (Å²) in [7, 11) is 0.